The number of hydrogen-bond acceptors (Lipinski definition) is 2. The molecule has 0 aromatic rings. The van der Waals surface area contributed by atoms with Crippen LogP contribution in [0.15, 0.2) is 0 Å². The third kappa shape index (κ3) is 6.51. The smallest absolute Gasteiger partial charge is 0.389 e. The number of rotatable bonds is 6. The van der Waals surface area contributed by atoms with Gasteiger partial charge >= 0.3 is 12.1 Å². The van der Waals surface area contributed by atoms with Gasteiger partial charge in [0.05, 0.1) is 0 Å². The molecule has 0 aromatic carbocycles. The Kier molecular flexibility index (Phi) is 5.24. The zero-order valence-corrected chi connectivity index (χ0v) is 9.67. The lowest BCUT2D eigenvalue weighted by atomic mass is 10.0. The van der Waals surface area contributed by atoms with Crippen LogP contribution in [0.3, 0.4) is 0 Å². The number of aliphatic carboxylic acids is 1. The topological polar surface area (TPSA) is 40.5 Å². The number of hydrogen-bond donors (Lipinski definition) is 1. The molecule has 0 radical (unpaired) electrons. The Morgan fingerprint density at radius 2 is 2.12 bits per heavy atom. The van der Waals surface area contributed by atoms with Crippen LogP contribution in [0.25, 0.3) is 0 Å². The minimum absolute atomic E-state index is 0.134. The van der Waals surface area contributed by atoms with Crippen molar-refractivity contribution in [1.29, 1.82) is 0 Å². The first kappa shape index (κ1) is 14.3. The highest BCUT2D eigenvalue weighted by molar-refractivity contribution is 5.66. The van der Waals surface area contributed by atoms with Crippen LogP contribution in [0.2, 0.25) is 0 Å². The Hall–Kier alpha value is -0.780. The summed E-state index contributed by atoms with van der Waals surface area (Å²) in [5.74, 6) is -0.475. The fourth-order valence-electron chi connectivity index (χ4n) is 2.18. The van der Waals surface area contributed by atoms with Crippen molar-refractivity contribution in [2.45, 2.75) is 38.3 Å². The standard InChI is InChI=1S/C11H18F3NO2/c12-11(13,14)5-1-6-15-7-4-9(8-15)2-3-10(16)17/h9H,1-8H2,(H,16,17). The maximum Gasteiger partial charge on any atom is 0.389 e. The number of carbonyl (C=O) groups is 1. The highest BCUT2D eigenvalue weighted by Crippen LogP contribution is 2.24. The third-order valence-electron chi connectivity index (χ3n) is 3.07. The number of alkyl halides is 3. The molecule has 100 valence electrons. The van der Waals surface area contributed by atoms with Gasteiger partial charge in [-0.05, 0) is 38.3 Å². The van der Waals surface area contributed by atoms with Crippen LogP contribution >= 0.6 is 0 Å². The van der Waals surface area contributed by atoms with Crippen molar-refractivity contribution in [3.63, 3.8) is 0 Å². The monoisotopic (exact) mass is 253 g/mol. The molecule has 1 heterocycles. The molecule has 0 amide bonds. The number of halogens is 3. The molecule has 0 bridgehead atoms. The summed E-state index contributed by atoms with van der Waals surface area (Å²) in [6.45, 7) is 2.00. The molecule has 0 spiro atoms. The van der Waals surface area contributed by atoms with E-state index in [9.17, 15) is 18.0 Å². The minimum Gasteiger partial charge on any atom is -0.481 e. The Bertz CT molecular complexity index is 256. The molecule has 1 saturated heterocycles. The van der Waals surface area contributed by atoms with Crippen LogP contribution in [0, 0.1) is 5.92 Å². The Balaban J connectivity index is 2.11. The second kappa shape index (κ2) is 6.23. The minimum atomic E-state index is -4.07. The molecule has 0 aromatic heterocycles. The van der Waals surface area contributed by atoms with Gasteiger partial charge in [0.25, 0.3) is 0 Å². The zero-order chi connectivity index (χ0) is 12.9. The Morgan fingerprint density at radius 3 is 2.71 bits per heavy atom. The summed E-state index contributed by atoms with van der Waals surface area (Å²) in [5.41, 5.74) is 0. The summed E-state index contributed by atoms with van der Waals surface area (Å²) in [6, 6.07) is 0. The van der Waals surface area contributed by atoms with Gasteiger partial charge in [0.15, 0.2) is 0 Å². The fourth-order valence-corrected chi connectivity index (χ4v) is 2.18. The molecule has 1 aliphatic heterocycles. The first-order valence-electron chi connectivity index (χ1n) is 5.88. The predicted molar refractivity (Wildman–Crippen MR) is 56.7 cm³/mol. The molecular weight excluding hydrogens is 235 g/mol. The summed E-state index contributed by atoms with van der Waals surface area (Å²) in [5, 5.41) is 8.53. The van der Waals surface area contributed by atoms with Gasteiger partial charge in [-0.3, -0.25) is 4.79 Å². The normalized spacial score (nSPS) is 21.9. The second-order valence-electron chi connectivity index (χ2n) is 4.61. The van der Waals surface area contributed by atoms with Crippen molar-refractivity contribution in [1.82, 2.24) is 4.90 Å². The largest absolute Gasteiger partial charge is 0.481 e. The molecular formula is C11H18F3NO2. The molecule has 0 aliphatic carbocycles. The lowest BCUT2D eigenvalue weighted by Crippen LogP contribution is -2.23. The van der Waals surface area contributed by atoms with E-state index in [-0.39, 0.29) is 12.8 Å². The molecule has 3 nitrogen and oxygen atoms in total. The zero-order valence-electron chi connectivity index (χ0n) is 9.67. The summed E-state index contributed by atoms with van der Waals surface area (Å²) < 4.78 is 35.8. The van der Waals surface area contributed by atoms with Gasteiger partial charge < -0.3 is 10.0 Å². The molecule has 1 rings (SSSR count). The Morgan fingerprint density at radius 1 is 1.41 bits per heavy atom. The van der Waals surface area contributed by atoms with Crippen LogP contribution in [0.5, 0.6) is 0 Å². The summed E-state index contributed by atoms with van der Waals surface area (Å²) in [4.78, 5) is 12.4. The summed E-state index contributed by atoms with van der Waals surface area (Å²) in [7, 11) is 0. The highest BCUT2D eigenvalue weighted by Gasteiger charge is 2.28. The van der Waals surface area contributed by atoms with Gasteiger partial charge in [0.1, 0.15) is 0 Å². The van der Waals surface area contributed by atoms with E-state index < -0.39 is 18.6 Å². The molecule has 1 N–H and O–H groups in total. The van der Waals surface area contributed by atoms with Crippen molar-refractivity contribution >= 4 is 5.97 Å². The Labute approximate surface area is 98.6 Å². The van der Waals surface area contributed by atoms with E-state index in [4.69, 9.17) is 5.11 Å². The van der Waals surface area contributed by atoms with Crippen LogP contribution in [0.1, 0.15) is 32.1 Å². The lowest BCUT2D eigenvalue weighted by Gasteiger charge is -2.16. The van der Waals surface area contributed by atoms with Crippen molar-refractivity contribution in [2.24, 2.45) is 5.92 Å². The van der Waals surface area contributed by atoms with E-state index in [2.05, 4.69) is 0 Å². The highest BCUT2D eigenvalue weighted by atomic mass is 19.4. The van der Waals surface area contributed by atoms with Crippen molar-refractivity contribution in [2.75, 3.05) is 19.6 Å². The first-order valence-corrected chi connectivity index (χ1v) is 5.88. The fraction of sp³-hybridized carbons (Fsp3) is 0.909. The number of carboxylic acids is 1. The van der Waals surface area contributed by atoms with Crippen molar-refractivity contribution in [3.8, 4) is 0 Å². The van der Waals surface area contributed by atoms with Gasteiger partial charge in [0.2, 0.25) is 0 Å². The summed E-state index contributed by atoms with van der Waals surface area (Å²) in [6.07, 6.45) is -2.98. The van der Waals surface area contributed by atoms with Gasteiger partial charge in [0, 0.05) is 19.4 Å². The van der Waals surface area contributed by atoms with E-state index in [0.29, 0.717) is 18.9 Å². The first-order chi connectivity index (χ1) is 7.87. The van der Waals surface area contributed by atoms with E-state index in [1.54, 1.807) is 0 Å². The number of nitrogens with zero attached hydrogens (tertiary/aromatic N) is 1. The maximum atomic E-state index is 11.9. The number of carboxylic acid groups (broad SMARTS) is 1. The molecule has 17 heavy (non-hydrogen) atoms. The third-order valence-corrected chi connectivity index (χ3v) is 3.07. The molecule has 1 unspecified atom stereocenters. The molecule has 6 heteroatoms. The molecule has 0 saturated carbocycles. The summed E-state index contributed by atoms with van der Waals surface area (Å²) >= 11 is 0. The molecule has 1 fully saturated rings. The van der Waals surface area contributed by atoms with Crippen molar-refractivity contribution < 1.29 is 23.1 Å². The molecule has 1 atom stereocenters. The van der Waals surface area contributed by atoms with Crippen LogP contribution in [-0.2, 0) is 4.79 Å². The van der Waals surface area contributed by atoms with E-state index in [1.165, 1.54) is 0 Å². The van der Waals surface area contributed by atoms with Gasteiger partial charge in [-0.2, -0.15) is 13.2 Å². The van der Waals surface area contributed by atoms with Crippen molar-refractivity contribution in [3.05, 3.63) is 0 Å². The second-order valence-corrected chi connectivity index (χ2v) is 4.61. The SMILES string of the molecule is O=C(O)CCC1CCN(CCCC(F)(F)F)C1. The lowest BCUT2D eigenvalue weighted by molar-refractivity contribution is -0.138. The average Bonchev–Trinajstić information content (AvgIpc) is 2.61. The van der Waals surface area contributed by atoms with Gasteiger partial charge in [-0.1, -0.05) is 0 Å². The maximum absolute atomic E-state index is 11.9. The van der Waals surface area contributed by atoms with Crippen LogP contribution in [0.4, 0.5) is 13.2 Å². The van der Waals surface area contributed by atoms with Crippen LogP contribution < -0.4 is 0 Å². The van der Waals surface area contributed by atoms with E-state index in [0.717, 1.165) is 19.5 Å². The quantitative estimate of drug-likeness (QED) is 0.790. The van der Waals surface area contributed by atoms with E-state index in [1.807, 2.05) is 4.90 Å². The number of likely N-dealkylation sites (tertiary alicyclic amines) is 1. The van der Waals surface area contributed by atoms with Crippen LogP contribution in [-0.4, -0.2) is 41.8 Å². The van der Waals surface area contributed by atoms with E-state index >= 15 is 0 Å². The van der Waals surface area contributed by atoms with Gasteiger partial charge in [-0.15, -0.1) is 0 Å². The molecule has 1 aliphatic rings. The predicted octanol–water partition coefficient (Wildman–Crippen LogP) is 2.52. The average molecular weight is 253 g/mol. The van der Waals surface area contributed by atoms with Gasteiger partial charge in [-0.25, -0.2) is 0 Å².